The maximum absolute atomic E-state index is 12.7. The number of nitrogens with zero attached hydrogens (tertiary/aromatic N) is 1. The van der Waals surface area contributed by atoms with E-state index in [0.717, 1.165) is 0 Å². The first-order valence-corrected chi connectivity index (χ1v) is 8.93. The van der Waals surface area contributed by atoms with E-state index in [0.29, 0.717) is 8.95 Å². The van der Waals surface area contributed by atoms with Crippen LogP contribution < -0.4 is 0 Å². The van der Waals surface area contributed by atoms with Crippen molar-refractivity contribution in [1.82, 2.24) is 4.31 Å². The molecule has 8 heteroatoms. The van der Waals surface area contributed by atoms with Crippen LogP contribution in [-0.4, -0.2) is 52.2 Å². The van der Waals surface area contributed by atoms with Gasteiger partial charge in [0.25, 0.3) is 0 Å². The van der Waals surface area contributed by atoms with Crippen LogP contribution in [0.1, 0.15) is 0 Å². The predicted octanol–water partition coefficient (Wildman–Crippen LogP) is 2.25. The van der Waals surface area contributed by atoms with Crippen molar-refractivity contribution in [1.29, 1.82) is 0 Å². The molecule has 0 aliphatic carbocycles. The van der Waals surface area contributed by atoms with Gasteiger partial charge in [-0.3, -0.25) is 0 Å². The maximum Gasteiger partial charge on any atom is 0.244 e. The number of sulfonamides is 1. The Hall–Kier alpha value is 0.01000. The molecule has 0 radical (unpaired) electrons. The largest absolute Gasteiger partial charge is 0.377 e. The van der Waals surface area contributed by atoms with Crippen LogP contribution in [-0.2, 0) is 19.5 Å². The van der Waals surface area contributed by atoms with E-state index >= 15 is 0 Å². The minimum absolute atomic E-state index is 0.235. The third kappa shape index (κ3) is 3.10. The second-order valence-electron chi connectivity index (χ2n) is 4.45. The van der Waals surface area contributed by atoms with Gasteiger partial charge in [-0.25, -0.2) is 8.42 Å². The van der Waals surface area contributed by atoms with Crippen molar-refractivity contribution >= 4 is 41.9 Å². The number of hydrogen-bond acceptors (Lipinski definition) is 4. The molecule has 1 heterocycles. The Morgan fingerprint density at radius 2 is 1.70 bits per heavy atom. The van der Waals surface area contributed by atoms with Crippen LogP contribution in [0.25, 0.3) is 0 Å². The normalized spacial score (nSPS) is 24.2. The van der Waals surface area contributed by atoms with Crippen molar-refractivity contribution in [3.63, 3.8) is 0 Å². The van der Waals surface area contributed by atoms with Crippen molar-refractivity contribution in [2.45, 2.75) is 17.1 Å². The molecule has 1 aliphatic heterocycles. The van der Waals surface area contributed by atoms with Crippen molar-refractivity contribution in [3.8, 4) is 0 Å². The minimum Gasteiger partial charge on any atom is -0.377 e. The van der Waals surface area contributed by atoms with Crippen LogP contribution in [0.5, 0.6) is 0 Å². The third-order valence-corrected chi connectivity index (χ3v) is 6.62. The molecular formula is C12H15Br2NO4S. The second-order valence-corrected chi connectivity index (χ2v) is 8.12. The molecule has 2 atom stereocenters. The van der Waals surface area contributed by atoms with Crippen LogP contribution >= 0.6 is 31.9 Å². The second kappa shape index (κ2) is 6.41. The summed E-state index contributed by atoms with van der Waals surface area (Å²) in [5.41, 5.74) is 0. The van der Waals surface area contributed by atoms with Gasteiger partial charge in [0.15, 0.2) is 0 Å². The molecule has 1 saturated heterocycles. The van der Waals surface area contributed by atoms with Gasteiger partial charge in [-0.05, 0) is 34.1 Å². The molecule has 2 unspecified atom stereocenters. The summed E-state index contributed by atoms with van der Waals surface area (Å²) in [7, 11) is -0.467. The lowest BCUT2D eigenvalue weighted by molar-refractivity contribution is -0.00461. The first-order valence-electron chi connectivity index (χ1n) is 5.91. The number of methoxy groups -OCH3 is 2. The highest BCUT2D eigenvalue weighted by Crippen LogP contribution is 2.30. The van der Waals surface area contributed by atoms with Crippen molar-refractivity contribution in [2.75, 3.05) is 27.3 Å². The molecule has 0 aromatic heterocycles. The highest BCUT2D eigenvalue weighted by molar-refractivity contribution is 9.11. The number of ether oxygens (including phenoxy) is 2. The minimum atomic E-state index is -3.58. The summed E-state index contributed by atoms with van der Waals surface area (Å²) in [4.78, 5) is 0.235. The van der Waals surface area contributed by atoms with Crippen molar-refractivity contribution in [3.05, 3.63) is 27.1 Å². The zero-order chi connectivity index (χ0) is 14.9. The average Bonchev–Trinajstić information content (AvgIpc) is 2.85. The number of benzene rings is 1. The van der Waals surface area contributed by atoms with Gasteiger partial charge in [0.2, 0.25) is 10.0 Å². The molecule has 0 bridgehead atoms. The molecule has 0 amide bonds. The molecule has 20 heavy (non-hydrogen) atoms. The average molecular weight is 429 g/mol. The molecule has 1 aromatic carbocycles. The van der Waals surface area contributed by atoms with Gasteiger partial charge >= 0.3 is 0 Å². The third-order valence-electron chi connectivity index (χ3n) is 3.30. The Morgan fingerprint density at radius 3 is 2.20 bits per heavy atom. The SMILES string of the molecule is COC1CN(S(=O)(=O)c2cc(Br)ccc2Br)CC1OC. The van der Waals surface area contributed by atoms with Crippen LogP contribution in [0, 0.1) is 0 Å². The van der Waals surface area contributed by atoms with E-state index in [1.807, 2.05) is 0 Å². The van der Waals surface area contributed by atoms with Crippen molar-refractivity contribution < 1.29 is 17.9 Å². The van der Waals surface area contributed by atoms with Crippen LogP contribution in [0.3, 0.4) is 0 Å². The Labute approximate surface area is 135 Å². The van der Waals surface area contributed by atoms with E-state index in [1.54, 1.807) is 32.4 Å². The van der Waals surface area contributed by atoms with Gasteiger partial charge in [0, 0.05) is 36.3 Å². The molecule has 0 saturated carbocycles. The lowest BCUT2D eigenvalue weighted by Gasteiger charge is -2.17. The van der Waals surface area contributed by atoms with E-state index in [2.05, 4.69) is 31.9 Å². The number of hydrogen-bond donors (Lipinski definition) is 0. The molecule has 5 nitrogen and oxygen atoms in total. The predicted molar refractivity (Wildman–Crippen MR) is 82.2 cm³/mol. The zero-order valence-corrected chi connectivity index (χ0v) is 15.0. The van der Waals surface area contributed by atoms with Gasteiger partial charge < -0.3 is 9.47 Å². The molecule has 0 spiro atoms. The molecule has 2 rings (SSSR count). The quantitative estimate of drug-likeness (QED) is 0.737. The van der Waals surface area contributed by atoms with Gasteiger partial charge in [-0.1, -0.05) is 15.9 Å². The summed E-state index contributed by atoms with van der Waals surface area (Å²) in [6.45, 7) is 0.576. The van der Waals surface area contributed by atoms with E-state index < -0.39 is 10.0 Å². The fraction of sp³-hybridized carbons (Fsp3) is 0.500. The monoisotopic (exact) mass is 427 g/mol. The van der Waals surface area contributed by atoms with Gasteiger partial charge in [0.1, 0.15) is 0 Å². The highest BCUT2D eigenvalue weighted by Gasteiger charge is 2.40. The molecular weight excluding hydrogens is 414 g/mol. The first kappa shape index (κ1) is 16.4. The standard InChI is InChI=1S/C12H15Br2NO4S/c1-18-10-6-15(7-11(10)19-2)20(16,17)12-5-8(13)3-4-9(12)14/h3-5,10-11H,6-7H2,1-2H3. The topological polar surface area (TPSA) is 55.8 Å². The van der Waals surface area contributed by atoms with E-state index in [-0.39, 0.29) is 30.2 Å². The molecule has 1 fully saturated rings. The lowest BCUT2D eigenvalue weighted by atomic mass is 10.3. The summed E-state index contributed by atoms with van der Waals surface area (Å²) in [6.07, 6.45) is -0.499. The Balaban J connectivity index is 2.34. The first-order chi connectivity index (χ1) is 9.40. The summed E-state index contributed by atoms with van der Waals surface area (Å²) >= 11 is 6.58. The van der Waals surface area contributed by atoms with Gasteiger partial charge in [0.05, 0.1) is 17.1 Å². The van der Waals surface area contributed by atoms with Crippen LogP contribution in [0.2, 0.25) is 0 Å². The molecule has 112 valence electrons. The Kier molecular flexibility index (Phi) is 5.25. The lowest BCUT2D eigenvalue weighted by Crippen LogP contribution is -2.30. The van der Waals surface area contributed by atoms with Crippen molar-refractivity contribution in [2.24, 2.45) is 0 Å². The van der Waals surface area contributed by atoms with Crippen LogP contribution in [0.15, 0.2) is 32.0 Å². The summed E-state index contributed by atoms with van der Waals surface area (Å²) in [5.74, 6) is 0. The van der Waals surface area contributed by atoms with E-state index in [4.69, 9.17) is 9.47 Å². The fourth-order valence-electron chi connectivity index (χ4n) is 2.17. The fourth-order valence-corrected chi connectivity index (χ4v) is 5.10. The van der Waals surface area contributed by atoms with E-state index in [9.17, 15) is 8.42 Å². The molecule has 0 N–H and O–H groups in total. The molecule has 1 aliphatic rings. The summed E-state index contributed by atoms with van der Waals surface area (Å²) in [6, 6.07) is 5.07. The smallest absolute Gasteiger partial charge is 0.244 e. The van der Waals surface area contributed by atoms with Gasteiger partial charge in [-0.15, -0.1) is 0 Å². The highest BCUT2D eigenvalue weighted by atomic mass is 79.9. The Bertz CT molecular complexity index is 581. The maximum atomic E-state index is 12.7. The molecule has 1 aromatic rings. The van der Waals surface area contributed by atoms with E-state index in [1.165, 1.54) is 4.31 Å². The number of rotatable bonds is 4. The van der Waals surface area contributed by atoms with Crippen LogP contribution in [0.4, 0.5) is 0 Å². The Morgan fingerprint density at radius 1 is 1.15 bits per heavy atom. The zero-order valence-electron chi connectivity index (χ0n) is 11.0. The number of halogens is 2. The van der Waals surface area contributed by atoms with Gasteiger partial charge in [-0.2, -0.15) is 4.31 Å². The summed E-state index contributed by atoms with van der Waals surface area (Å²) in [5, 5.41) is 0. The summed E-state index contributed by atoms with van der Waals surface area (Å²) < 4.78 is 38.6.